The van der Waals surface area contributed by atoms with E-state index in [4.69, 9.17) is 20.9 Å². The van der Waals surface area contributed by atoms with Gasteiger partial charge in [0.05, 0.1) is 43.2 Å². The van der Waals surface area contributed by atoms with Crippen molar-refractivity contribution < 1.29 is 18.7 Å². The van der Waals surface area contributed by atoms with Crippen molar-refractivity contribution in [3.8, 4) is 5.75 Å². The van der Waals surface area contributed by atoms with E-state index in [1.807, 2.05) is 17.9 Å². The number of carbonyl (C=O) groups is 1. The lowest BCUT2D eigenvalue weighted by molar-refractivity contribution is -0.114. The predicted octanol–water partition coefficient (Wildman–Crippen LogP) is 2.23. The Balaban J connectivity index is 1.76. The van der Waals surface area contributed by atoms with Gasteiger partial charge in [-0.05, 0) is 31.4 Å². The summed E-state index contributed by atoms with van der Waals surface area (Å²) in [7, 11) is 3.38. The van der Waals surface area contributed by atoms with Crippen LogP contribution in [0.4, 0.5) is 10.1 Å². The van der Waals surface area contributed by atoms with Crippen LogP contribution < -0.4 is 21.1 Å². The molecule has 32 heavy (non-hydrogen) atoms. The largest absolute Gasteiger partial charge is 0.495 e. The molecule has 4 N–H and O–H groups in total. The molecule has 2 aromatic rings. The quantitative estimate of drug-likeness (QED) is 0.694. The number of amides is 1. The maximum Gasteiger partial charge on any atom is 0.265 e. The Labute approximate surface area is 189 Å². The average Bonchev–Trinajstić information content (AvgIpc) is 3.32. The highest BCUT2D eigenvalue weighted by molar-refractivity contribution is 8.02. The lowest BCUT2D eigenvalue weighted by Crippen LogP contribution is -2.32. The molecule has 2 aliphatic heterocycles. The SMILES string of the molecule is COc1cnc(C2SC=C(C(N)=O)N2c2cnn(C)c2[C@@H]2CC[C@@H](N)[C@H](F)CO2)c(C)c1. The van der Waals surface area contributed by atoms with Crippen LogP contribution in [0.15, 0.2) is 29.6 Å². The summed E-state index contributed by atoms with van der Waals surface area (Å²) in [5, 5.41) is 5.81. The van der Waals surface area contributed by atoms with Gasteiger partial charge in [0.25, 0.3) is 5.91 Å². The standard InChI is InChI=1S/C21H27FN6O3S/c1-11-6-12(30-3)7-25-18(11)21-28(16(10-32-21)20(24)29)15-8-26-27(2)19(15)17-5-4-14(23)13(22)9-31-17/h6-8,10,13-14,17,21H,4-5,9,23H2,1-3H3,(H2,24,29)/t13-,14-,17+,21?/m1/s1. The molecule has 2 aromatic heterocycles. The van der Waals surface area contributed by atoms with Gasteiger partial charge in [-0.1, -0.05) is 11.8 Å². The monoisotopic (exact) mass is 462 g/mol. The number of primary amides is 1. The number of alkyl halides is 1. The van der Waals surface area contributed by atoms with Crippen LogP contribution in [0, 0.1) is 6.92 Å². The van der Waals surface area contributed by atoms with Gasteiger partial charge >= 0.3 is 0 Å². The number of anilines is 1. The van der Waals surface area contributed by atoms with Crippen LogP contribution in [0.3, 0.4) is 0 Å². The second-order valence-electron chi connectivity index (χ2n) is 7.92. The molecule has 0 aliphatic carbocycles. The first-order valence-corrected chi connectivity index (χ1v) is 11.2. The Kier molecular flexibility index (Phi) is 6.40. The fourth-order valence-corrected chi connectivity index (χ4v) is 5.28. The number of hydrogen-bond acceptors (Lipinski definition) is 8. The Bertz CT molecular complexity index is 1030. The molecule has 4 rings (SSSR count). The van der Waals surface area contributed by atoms with Crippen molar-refractivity contribution in [2.24, 2.45) is 18.5 Å². The van der Waals surface area contributed by atoms with E-state index in [0.29, 0.717) is 30.0 Å². The smallest absolute Gasteiger partial charge is 0.265 e. The Morgan fingerprint density at radius 1 is 1.38 bits per heavy atom. The molecule has 0 spiro atoms. The maximum atomic E-state index is 14.1. The van der Waals surface area contributed by atoms with E-state index in [2.05, 4.69) is 10.1 Å². The van der Waals surface area contributed by atoms with Crippen molar-refractivity contribution >= 4 is 23.4 Å². The third-order valence-electron chi connectivity index (χ3n) is 5.83. The molecule has 0 bridgehead atoms. The Morgan fingerprint density at radius 3 is 2.84 bits per heavy atom. The zero-order valence-electron chi connectivity index (χ0n) is 18.2. The normalized spacial score (nSPS) is 26.0. The van der Waals surface area contributed by atoms with E-state index in [1.165, 1.54) is 11.8 Å². The number of carbonyl (C=O) groups excluding carboxylic acids is 1. The summed E-state index contributed by atoms with van der Waals surface area (Å²) in [6.45, 7) is 1.85. The van der Waals surface area contributed by atoms with E-state index in [1.54, 1.807) is 36.6 Å². The molecule has 172 valence electrons. The minimum atomic E-state index is -1.22. The molecule has 4 atom stereocenters. The fraction of sp³-hybridized carbons (Fsp3) is 0.476. The number of nitrogens with two attached hydrogens (primary N) is 2. The molecule has 0 aromatic carbocycles. The molecular formula is C21H27FN6O3S. The number of nitrogens with zero attached hydrogens (tertiary/aromatic N) is 4. The molecule has 1 amide bonds. The second kappa shape index (κ2) is 9.08. The third kappa shape index (κ3) is 4.07. The van der Waals surface area contributed by atoms with Gasteiger partial charge in [-0.25, -0.2) is 4.39 Å². The Hall–Kier alpha value is -2.63. The van der Waals surface area contributed by atoms with Gasteiger partial charge in [-0.3, -0.25) is 14.5 Å². The maximum absolute atomic E-state index is 14.1. The van der Waals surface area contributed by atoms with Crippen molar-refractivity contribution in [1.82, 2.24) is 14.8 Å². The molecule has 0 radical (unpaired) electrons. The lowest BCUT2D eigenvalue weighted by Gasteiger charge is -2.30. The average molecular weight is 463 g/mol. The topological polar surface area (TPSA) is 122 Å². The summed E-state index contributed by atoms with van der Waals surface area (Å²) in [6.07, 6.45) is 2.69. The summed E-state index contributed by atoms with van der Waals surface area (Å²) in [5.41, 5.74) is 15.0. The number of pyridine rings is 1. The third-order valence-corrected chi connectivity index (χ3v) is 6.88. The molecule has 4 heterocycles. The van der Waals surface area contributed by atoms with Crippen LogP contribution in [0.2, 0.25) is 0 Å². The molecule has 9 nitrogen and oxygen atoms in total. The number of aromatic nitrogens is 3. The zero-order chi connectivity index (χ0) is 23.0. The van der Waals surface area contributed by atoms with Gasteiger partial charge in [0.1, 0.15) is 29.1 Å². The van der Waals surface area contributed by atoms with Gasteiger partial charge in [0.15, 0.2) is 0 Å². The zero-order valence-corrected chi connectivity index (χ0v) is 19.0. The van der Waals surface area contributed by atoms with E-state index >= 15 is 0 Å². The first-order valence-electron chi connectivity index (χ1n) is 10.3. The van der Waals surface area contributed by atoms with Crippen molar-refractivity contribution in [2.45, 2.75) is 43.5 Å². The molecule has 0 saturated carbocycles. The van der Waals surface area contributed by atoms with E-state index in [9.17, 15) is 9.18 Å². The van der Waals surface area contributed by atoms with Gasteiger partial charge in [0, 0.05) is 18.5 Å². The second-order valence-corrected chi connectivity index (χ2v) is 8.88. The van der Waals surface area contributed by atoms with Crippen molar-refractivity contribution in [3.05, 3.63) is 46.5 Å². The van der Waals surface area contributed by atoms with E-state index in [0.717, 1.165) is 17.0 Å². The summed E-state index contributed by atoms with van der Waals surface area (Å²) >= 11 is 1.43. The summed E-state index contributed by atoms with van der Waals surface area (Å²) in [4.78, 5) is 18.7. The highest BCUT2D eigenvalue weighted by Crippen LogP contribution is 2.48. The molecule has 1 saturated heterocycles. The number of hydrogen-bond donors (Lipinski definition) is 2. The lowest BCUT2D eigenvalue weighted by atomic mass is 10.0. The van der Waals surface area contributed by atoms with Gasteiger partial charge in [-0.2, -0.15) is 5.10 Å². The van der Waals surface area contributed by atoms with Crippen LogP contribution >= 0.6 is 11.8 Å². The summed E-state index contributed by atoms with van der Waals surface area (Å²) in [5.74, 6) is 0.0866. The molecule has 1 unspecified atom stereocenters. The van der Waals surface area contributed by atoms with Crippen LogP contribution in [0.5, 0.6) is 5.75 Å². The van der Waals surface area contributed by atoms with Crippen LogP contribution in [-0.4, -0.2) is 46.6 Å². The van der Waals surface area contributed by atoms with Gasteiger partial charge < -0.3 is 25.8 Å². The molecule has 2 aliphatic rings. The van der Waals surface area contributed by atoms with Crippen LogP contribution in [-0.2, 0) is 16.6 Å². The number of rotatable bonds is 5. The number of methoxy groups -OCH3 is 1. The fourth-order valence-electron chi connectivity index (χ4n) is 4.07. The predicted molar refractivity (Wildman–Crippen MR) is 120 cm³/mol. The van der Waals surface area contributed by atoms with Crippen LogP contribution in [0.25, 0.3) is 0 Å². The van der Waals surface area contributed by atoms with Crippen molar-refractivity contribution in [2.75, 3.05) is 18.6 Å². The number of thioether (sulfide) groups is 1. The van der Waals surface area contributed by atoms with E-state index < -0.39 is 24.2 Å². The van der Waals surface area contributed by atoms with Crippen LogP contribution in [0.1, 0.15) is 41.3 Å². The molecule has 11 heteroatoms. The number of halogens is 1. The molecule has 1 fully saturated rings. The highest BCUT2D eigenvalue weighted by Gasteiger charge is 2.38. The number of aryl methyl sites for hydroxylation is 2. The van der Waals surface area contributed by atoms with Gasteiger partial charge in [-0.15, -0.1) is 0 Å². The summed E-state index contributed by atoms with van der Waals surface area (Å²) in [6, 6.07) is 1.32. The Morgan fingerprint density at radius 2 is 2.16 bits per heavy atom. The van der Waals surface area contributed by atoms with Gasteiger partial charge in [0.2, 0.25) is 0 Å². The molecular weight excluding hydrogens is 435 g/mol. The first-order chi connectivity index (χ1) is 15.3. The minimum absolute atomic E-state index is 0.0910. The van der Waals surface area contributed by atoms with Crippen molar-refractivity contribution in [3.63, 3.8) is 0 Å². The van der Waals surface area contributed by atoms with Crippen molar-refractivity contribution in [1.29, 1.82) is 0 Å². The first kappa shape index (κ1) is 22.6. The summed E-state index contributed by atoms with van der Waals surface area (Å²) < 4.78 is 27.0. The number of ether oxygens (including phenoxy) is 2. The minimum Gasteiger partial charge on any atom is -0.495 e. The highest BCUT2D eigenvalue weighted by atomic mass is 32.2. The van der Waals surface area contributed by atoms with E-state index in [-0.39, 0.29) is 12.0 Å².